The molecule has 1 aromatic heterocycles. The molecule has 0 bridgehead atoms. The molecule has 0 N–H and O–H groups in total. The van der Waals surface area contributed by atoms with Crippen molar-refractivity contribution in [3.63, 3.8) is 0 Å². The molecule has 1 aliphatic carbocycles. The number of rotatable bonds is 2. The first kappa shape index (κ1) is 8.86. The molecule has 1 atom stereocenters. The van der Waals surface area contributed by atoms with E-state index in [1.807, 2.05) is 0 Å². The first-order valence-corrected chi connectivity index (χ1v) is 5.34. The van der Waals surface area contributed by atoms with E-state index in [2.05, 4.69) is 37.5 Å². The summed E-state index contributed by atoms with van der Waals surface area (Å²) in [5, 5.41) is 0. The van der Waals surface area contributed by atoms with Crippen molar-refractivity contribution < 1.29 is 0 Å². The second kappa shape index (κ2) is 3.21. The average Bonchev–Trinajstić information content (AvgIpc) is 2.27. The minimum atomic E-state index is 0.712. The molecular formula is C12H19N. The van der Waals surface area contributed by atoms with Crippen LogP contribution < -0.4 is 0 Å². The van der Waals surface area contributed by atoms with Gasteiger partial charge in [-0.05, 0) is 51.7 Å². The zero-order valence-corrected chi connectivity index (χ0v) is 8.88. The van der Waals surface area contributed by atoms with Gasteiger partial charge in [0.15, 0.2) is 0 Å². The highest BCUT2D eigenvalue weighted by Crippen LogP contribution is 2.37. The van der Waals surface area contributed by atoms with Crippen molar-refractivity contribution in [1.82, 2.24) is 4.57 Å². The van der Waals surface area contributed by atoms with Crippen LogP contribution in [-0.4, -0.2) is 4.57 Å². The van der Waals surface area contributed by atoms with Gasteiger partial charge in [0.2, 0.25) is 0 Å². The van der Waals surface area contributed by atoms with Gasteiger partial charge in [0.05, 0.1) is 0 Å². The van der Waals surface area contributed by atoms with Gasteiger partial charge in [-0.1, -0.05) is 6.42 Å². The van der Waals surface area contributed by atoms with Crippen LogP contribution in [0.25, 0.3) is 0 Å². The third-order valence-corrected chi connectivity index (χ3v) is 3.57. The van der Waals surface area contributed by atoms with E-state index in [0.717, 1.165) is 5.92 Å². The normalized spacial score (nSPS) is 19.9. The Kier molecular flexibility index (Phi) is 2.19. The lowest BCUT2D eigenvalue weighted by molar-refractivity contribution is 0.219. The Balaban J connectivity index is 2.22. The SMILES string of the molecule is Cc1ccc(C)n1C(C)C1CCC1. The Morgan fingerprint density at radius 3 is 2.15 bits per heavy atom. The molecule has 0 spiro atoms. The Morgan fingerprint density at radius 2 is 1.77 bits per heavy atom. The summed E-state index contributed by atoms with van der Waals surface area (Å²) in [4.78, 5) is 0. The maximum absolute atomic E-state index is 2.49. The molecule has 0 aliphatic heterocycles. The summed E-state index contributed by atoms with van der Waals surface area (Å²) >= 11 is 0. The number of nitrogens with zero attached hydrogens (tertiary/aromatic N) is 1. The highest BCUT2D eigenvalue weighted by Gasteiger charge is 2.25. The molecular weight excluding hydrogens is 158 g/mol. The fourth-order valence-electron chi connectivity index (χ4n) is 2.46. The van der Waals surface area contributed by atoms with Crippen molar-refractivity contribution >= 4 is 0 Å². The lowest BCUT2D eigenvalue weighted by Crippen LogP contribution is -2.24. The Morgan fingerprint density at radius 1 is 1.23 bits per heavy atom. The van der Waals surface area contributed by atoms with Gasteiger partial charge in [-0.3, -0.25) is 0 Å². The van der Waals surface area contributed by atoms with E-state index >= 15 is 0 Å². The van der Waals surface area contributed by atoms with Crippen molar-refractivity contribution in [1.29, 1.82) is 0 Å². The first-order chi connectivity index (χ1) is 6.20. The predicted molar refractivity (Wildman–Crippen MR) is 56.0 cm³/mol. The van der Waals surface area contributed by atoms with E-state index in [1.54, 1.807) is 0 Å². The van der Waals surface area contributed by atoms with Crippen molar-refractivity contribution in [2.45, 2.75) is 46.1 Å². The lowest BCUT2D eigenvalue weighted by atomic mass is 9.80. The Bertz CT molecular complexity index is 275. The van der Waals surface area contributed by atoms with E-state index in [4.69, 9.17) is 0 Å². The average molecular weight is 177 g/mol. The topological polar surface area (TPSA) is 4.93 Å². The molecule has 0 aromatic carbocycles. The van der Waals surface area contributed by atoms with Crippen LogP contribution in [0.15, 0.2) is 12.1 Å². The number of aromatic nitrogens is 1. The number of hydrogen-bond acceptors (Lipinski definition) is 0. The molecule has 72 valence electrons. The van der Waals surface area contributed by atoms with Crippen molar-refractivity contribution in [3.8, 4) is 0 Å². The standard InChI is InChI=1S/C12H19N/c1-9-7-8-10(2)13(9)11(3)12-5-4-6-12/h7-8,11-12H,4-6H2,1-3H3. The predicted octanol–water partition coefficient (Wildman–Crippen LogP) is 3.47. The molecule has 1 aromatic rings. The Hall–Kier alpha value is -0.720. The highest BCUT2D eigenvalue weighted by molar-refractivity contribution is 5.15. The zero-order chi connectivity index (χ0) is 9.42. The van der Waals surface area contributed by atoms with Gasteiger partial charge in [0, 0.05) is 17.4 Å². The molecule has 1 heteroatoms. The Labute approximate surface area is 80.8 Å². The summed E-state index contributed by atoms with van der Waals surface area (Å²) in [7, 11) is 0. The van der Waals surface area contributed by atoms with Crippen LogP contribution in [0.1, 0.15) is 43.6 Å². The maximum atomic E-state index is 2.49. The first-order valence-electron chi connectivity index (χ1n) is 5.34. The van der Waals surface area contributed by atoms with Gasteiger partial charge in [0.1, 0.15) is 0 Å². The largest absolute Gasteiger partial charge is 0.346 e. The van der Waals surface area contributed by atoms with Gasteiger partial charge in [0.25, 0.3) is 0 Å². The minimum Gasteiger partial charge on any atom is -0.346 e. The summed E-state index contributed by atoms with van der Waals surface area (Å²) < 4.78 is 2.49. The summed E-state index contributed by atoms with van der Waals surface area (Å²) in [6, 6.07) is 5.17. The van der Waals surface area contributed by atoms with Crippen LogP contribution in [-0.2, 0) is 0 Å². The fraction of sp³-hybridized carbons (Fsp3) is 0.667. The van der Waals surface area contributed by atoms with Crippen LogP contribution in [0.5, 0.6) is 0 Å². The van der Waals surface area contributed by atoms with E-state index in [9.17, 15) is 0 Å². The summed E-state index contributed by atoms with van der Waals surface area (Å²) in [5.74, 6) is 0.935. The highest BCUT2D eigenvalue weighted by atomic mass is 15.0. The summed E-state index contributed by atoms with van der Waals surface area (Å²) in [6.07, 6.45) is 4.30. The molecule has 0 radical (unpaired) electrons. The molecule has 0 saturated heterocycles. The van der Waals surface area contributed by atoms with Crippen molar-refractivity contribution in [2.75, 3.05) is 0 Å². The lowest BCUT2D eigenvalue weighted by Gasteiger charge is -2.34. The van der Waals surface area contributed by atoms with E-state index in [-0.39, 0.29) is 0 Å². The summed E-state index contributed by atoms with van der Waals surface area (Å²) in [6.45, 7) is 6.79. The van der Waals surface area contributed by atoms with Gasteiger partial charge in [-0.2, -0.15) is 0 Å². The second-order valence-corrected chi connectivity index (χ2v) is 4.42. The van der Waals surface area contributed by atoms with Crippen LogP contribution in [0, 0.1) is 19.8 Å². The zero-order valence-electron chi connectivity index (χ0n) is 8.88. The monoisotopic (exact) mass is 177 g/mol. The fourth-order valence-corrected chi connectivity index (χ4v) is 2.46. The van der Waals surface area contributed by atoms with Crippen LogP contribution in [0.3, 0.4) is 0 Å². The van der Waals surface area contributed by atoms with E-state index in [0.29, 0.717) is 6.04 Å². The van der Waals surface area contributed by atoms with Crippen LogP contribution in [0.2, 0.25) is 0 Å². The summed E-state index contributed by atoms with van der Waals surface area (Å²) in [5.41, 5.74) is 2.83. The van der Waals surface area contributed by atoms with Gasteiger partial charge in [-0.25, -0.2) is 0 Å². The third kappa shape index (κ3) is 1.41. The molecule has 2 rings (SSSR count). The number of aryl methyl sites for hydroxylation is 2. The molecule has 1 saturated carbocycles. The van der Waals surface area contributed by atoms with Crippen LogP contribution in [0.4, 0.5) is 0 Å². The maximum Gasteiger partial charge on any atom is 0.0335 e. The van der Waals surface area contributed by atoms with E-state index < -0.39 is 0 Å². The van der Waals surface area contributed by atoms with Gasteiger partial charge >= 0.3 is 0 Å². The molecule has 0 amide bonds. The van der Waals surface area contributed by atoms with Gasteiger partial charge in [-0.15, -0.1) is 0 Å². The quantitative estimate of drug-likeness (QED) is 0.652. The molecule has 1 aliphatic rings. The molecule has 13 heavy (non-hydrogen) atoms. The molecule has 1 unspecified atom stereocenters. The smallest absolute Gasteiger partial charge is 0.0335 e. The molecule has 1 fully saturated rings. The molecule has 1 heterocycles. The molecule has 1 nitrogen and oxygen atoms in total. The van der Waals surface area contributed by atoms with Crippen molar-refractivity contribution in [2.24, 2.45) is 5.92 Å². The van der Waals surface area contributed by atoms with E-state index in [1.165, 1.54) is 30.7 Å². The van der Waals surface area contributed by atoms with Crippen molar-refractivity contribution in [3.05, 3.63) is 23.5 Å². The second-order valence-electron chi connectivity index (χ2n) is 4.42. The van der Waals surface area contributed by atoms with Gasteiger partial charge < -0.3 is 4.57 Å². The third-order valence-electron chi connectivity index (χ3n) is 3.57. The minimum absolute atomic E-state index is 0.712. The van der Waals surface area contributed by atoms with Crippen LogP contribution >= 0.6 is 0 Å². The number of hydrogen-bond donors (Lipinski definition) is 0.